The van der Waals surface area contributed by atoms with Crippen molar-refractivity contribution in [3.8, 4) is 0 Å². The fraction of sp³-hybridized carbons (Fsp3) is 0.692. The van der Waals surface area contributed by atoms with E-state index in [-0.39, 0.29) is 11.3 Å². The first-order valence-corrected chi connectivity index (χ1v) is 7.15. The summed E-state index contributed by atoms with van der Waals surface area (Å²) in [6.07, 6.45) is 1.89. The lowest BCUT2D eigenvalue weighted by Crippen LogP contribution is -2.37. The first kappa shape index (κ1) is 13.5. The largest absolute Gasteiger partial charge is 0.380 e. The van der Waals surface area contributed by atoms with E-state index in [2.05, 4.69) is 31.1 Å². The number of nitrogens with zero attached hydrogens (tertiary/aromatic N) is 1. The fourth-order valence-electron chi connectivity index (χ4n) is 1.58. The second kappa shape index (κ2) is 4.63. The third-order valence-corrected chi connectivity index (χ3v) is 4.32. The molecule has 1 aromatic rings. The molecule has 1 aliphatic carbocycles. The van der Waals surface area contributed by atoms with Crippen molar-refractivity contribution in [2.75, 3.05) is 6.54 Å². The SMILES string of the molecule is CC(C)(C)c1nc(CCNC(=O)C2(O)CC2)cs1. The van der Waals surface area contributed by atoms with E-state index in [0.29, 0.717) is 25.8 Å². The van der Waals surface area contributed by atoms with E-state index in [4.69, 9.17) is 0 Å². The zero-order valence-corrected chi connectivity index (χ0v) is 11.9. The highest BCUT2D eigenvalue weighted by Crippen LogP contribution is 2.34. The van der Waals surface area contributed by atoms with Gasteiger partial charge in [-0.15, -0.1) is 11.3 Å². The molecular weight excluding hydrogens is 248 g/mol. The molecular formula is C13H20N2O2S. The predicted octanol–water partition coefficient (Wildman–Crippen LogP) is 1.62. The summed E-state index contributed by atoms with van der Waals surface area (Å²) < 4.78 is 0. The van der Waals surface area contributed by atoms with Crippen molar-refractivity contribution in [2.24, 2.45) is 0 Å². The van der Waals surface area contributed by atoms with Gasteiger partial charge in [0, 0.05) is 23.8 Å². The van der Waals surface area contributed by atoms with Crippen LogP contribution in [0.2, 0.25) is 0 Å². The molecule has 1 saturated carbocycles. The Balaban J connectivity index is 1.80. The highest BCUT2D eigenvalue weighted by atomic mass is 32.1. The maximum atomic E-state index is 11.5. The molecule has 0 saturated heterocycles. The van der Waals surface area contributed by atoms with Gasteiger partial charge in [0.25, 0.3) is 5.91 Å². The Hall–Kier alpha value is -0.940. The Kier molecular flexibility index (Phi) is 3.47. The molecule has 4 nitrogen and oxygen atoms in total. The minimum atomic E-state index is -1.07. The topological polar surface area (TPSA) is 62.2 Å². The summed E-state index contributed by atoms with van der Waals surface area (Å²) in [6.45, 7) is 6.95. The van der Waals surface area contributed by atoms with Crippen LogP contribution in [0.1, 0.15) is 44.3 Å². The summed E-state index contributed by atoms with van der Waals surface area (Å²) in [5, 5.41) is 15.5. The molecule has 1 aliphatic rings. The van der Waals surface area contributed by atoms with Crippen molar-refractivity contribution < 1.29 is 9.90 Å². The van der Waals surface area contributed by atoms with Crippen molar-refractivity contribution in [2.45, 2.75) is 51.0 Å². The van der Waals surface area contributed by atoms with E-state index >= 15 is 0 Å². The van der Waals surface area contributed by atoms with Gasteiger partial charge in [0.2, 0.25) is 0 Å². The first-order valence-electron chi connectivity index (χ1n) is 6.27. The lowest BCUT2D eigenvalue weighted by molar-refractivity contribution is -0.131. The number of amides is 1. The van der Waals surface area contributed by atoms with Gasteiger partial charge >= 0.3 is 0 Å². The summed E-state index contributed by atoms with van der Waals surface area (Å²) in [5.74, 6) is -0.242. The van der Waals surface area contributed by atoms with Crippen LogP contribution in [0.15, 0.2) is 5.38 Å². The smallest absolute Gasteiger partial charge is 0.251 e. The van der Waals surface area contributed by atoms with Gasteiger partial charge in [-0.05, 0) is 12.8 Å². The van der Waals surface area contributed by atoms with Crippen LogP contribution in [0.3, 0.4) is 0 Å². The van der Waals surface area contributed by atoms with E-state index in [0.717, 1.165) is 10.7 Å². The van der Waals surface area contributed by atoms with Crippen LogP contribution in [-0.2, 0) is 16.6 Å². The van der Waals surface area contributed by atoms with Gasteiger partial charge in [-0.1, -0.05) is 20.8 Å². The number of aliphatic hydroxyl groups is 1. The zero-order chi connectivity index (χ0) is 13.4. The minimum Gasteiger partial charge on any atom is -0.380 e. The maximum absolute atomic E-state index is 11.5. The molecule has 5 heteroatoms. The highest BCUT2D eigenvalue weighted by Gasteiger charge is 2.47. The summed E-state index contributed by atoms with van der Waals surface area (Å²) in [7, 11) is 0. The zero-order valence-electron chi connectivity index (χ0n) is 11.1. The van der Waals surface area contributed by atoms with Gasteiger partial charge < -0.3 is 10.4 Å². The maximum Gasteiger partial charge on any atom is 0.251 e. The van der Waals surface area contributed by atoms with Crippen molar-refractivity contribution >= 4 is 17.2 Å². The molecule has 2 rings (SSSR count). The summed E-state index contributed by atoms with van der Waals surface area (Å²) in [6, 6.07) is 0. The average Bonchev–Trinajstić information content (AvgIpc) is 2.84. The number of hydrogen-bond acceptors (Lipinski definition) is 4. The molecule has 0 unspecified atom stereocenters. The van der Waals surface area contributed by atoms with Crippen LogP contribution in [0.4, 0.5) is 0 Å². The van der Waals surface area contributed by atoms with Gasteiger partial charge in [-0.2, -0.15) is 0 Å². The van der Waals surface area contributed by atoms with Gasteiger partial charge in [0.15, 0.2) is 0 Å². The summed E-state index contributed by atoms with van der Waals surface area (Å²) in [5.41, 5.74) is 0.0153. The standard InChI is InChI=1S/C13H20N2O2S/c1-12(2,3)11-15-9(8-18-11)4-7-14-10(16)13(17)5-6-13/h8,17H,4-7H2,1-3H3,(H,14,16). The van der Waals surface area contributed by atoms with E-state index in [1.54, 1.807) is 11.3 Å². The van der Waals surface area contributed by atoms with Crippen molar-refractivity contribution in [1.82, 2.24) is 10.3 Å². The number of rotatable bonds is 4. The van der Waals surface area contributed by atoms with Crippen molar-refractivity contribution in [1.29, 1.82) is 0 Å². The molecule has 0 atom stereocenters. The van der Waals surface area contributed by atoms with Crippen LogP contribution in [0, 0.1) is 0 Å². The third-order valence-electron chi connectivity index (χ3n) is 3.01. The Labute approximate surface area is 111 Å². The number of carbonyl (C=O) groups excluding carboxylic acids is 1. The monoisotopic (exact) mass is 268 g/mol. The summed E-state index contributed by atoms with van der Waals surface area (Å²) in [4.78, 5) is 16.1. The second-order valence-electron chi connectivity index (χ2n) is 5.93. The number of nitrogens with one attached hydrogen (secondary N) is 1. The molecule has 1 aromatic heterocycles. The van der Waals surface area contributed by atoms with Gasteiger partial charge in [-0.25, -0.2) is 4.98 Å². The average molecular weight is 268 g/mol. The van der Waals surface area contributed by atoms with Crippen LogP contribution >= 0.6 is 11.3 Å². The number of carbonyl (C=O) groups is 1. The van der Waals surface area contributed by atoms with Gasteiger partial charge in [0.05, 0.1) is 10.7 Å². The van der Waals surface area contributed by atoms with Crippen LogP contribution < -0.4 is 5.32 Å². The molecule has 0 bridgehead atoms. The van der Waals surface area contributed by atoms with Crippen molar-refractivity contribution in [3.63, 3.8) is 0 Å². The van der Waals surface area contributed by atoms with Crippen molar-refractivity contribution in [3.05, 3.63) is 16.1 Å². The minimum absolute atomic E-state index is 0.0787. The van der Waals surface area contributed by atoms with Crippen LogP contribution in [-0.4, -0.2) is 28.1 Å². The van der Waals surface area contributed by atoms with E-state index < -0.39 is 5.60 Å². The van der Waals surface area contributed by atoms with E-state index in [1.165, 1.54) is 0 Å². The highest BCUT2D eigenvalue weighted by molar-refractivity contribution is 7.09. The lowest BCUT2D eigenvalue weighted by atomic mass is 9.98. The lowest BCUT2D eigenvalue weighted by Gasteiger charge is -2.13. The number of thiazole rings is 1. The Morgan fingerprint density at radius 3 is 2.72 bits per heavy atom. The van der Waals surface area contributed by atoms with E-state index in [1.807, 2.05) is 5.38 Å². The molecule has 0 aromatic carbocycles. The molecule has 1 heterocycles. The third kappa shape index (κ3) is 3.09. The summed E-state index contributed by atoms with van der Waals surface area (Å²) >= 11 is 1.66. The predicted molar refractivity (Wildman–Crippen MR) is 71.7 cm³/mol. The number of aromatic nitrogens is 1. The molecule has 0 spiro atoms. The second-order valence-corrected chi connectivity index (χ2v) is 6.79. The Morgan fingerprint density at radius 2 is 2.22 bits per heavy atom. The number of hydrogen-bond donors (Lipinski definition) is 2. The first-order chi connectivity index (χ1) is 8.31. The molecule has 1 fully saturated rings. The normalized spacial score (nSPS) is 17.6. The van der Waals surface area contributed by atoms with Gasteiger partial charge in [0.1, 0.15) is 5.60 Å². The van der Waals surface area contributed by atoms with Crippen LogP contribution in [0.5, 0.6) is 0 Å². The molecule has 0 aliphatic heterocycles. The Bertz CT molecular complexity index is 444. The van der Waals surface area contributed by atoms with E-state index in [9.17, 15) is 9.90 Å². The molecule has 18 heavy (non-hydrogen) atoms. The van der Waals surface area contributed by atoms with Crippen LogP contribution in [0.25, 0.3) is 0 Å². The fourth-order valence-corrected chi connectivity index (χ4v) is 2.52. The molecule has 0 radical (unpaired) electrons. The Morgan fingerprint density at radius 1 is 1.56 bits per heavy atom. The quantitative estimate of drug-likeness (QED) is 0.872. The molecule has 1 amide bonds. The van der Waals surface area contributed by atoms with Gasteiger partial charge in [-0.3, -0.25) is 4.79 Å². The molecule has 2 N–H and O–H groups in total. The molecule has 100 valence electrons.